The minimum absolute atomic E-state index is 0.0114. The molecule has 0 bridgehead atoms. The Hall–Kier alpha value is -3.92. The fourth-order valence-corrected chi connectivity index (χ4v) is 3.00. The predicted octanol–water partition coefficient (Wildman–Crippen LogP) is 3.88. The Morgan fingerprint density at radius 1 is 1.23 bits per heavy atom. The third-order valence-corrected chi connectivity index (χ3v) is 4.49. The van der Waals surface area contributed by atoms with E-state index in [1.165, 1.54) is 10.5 Å². The largest absolute Gasteiger partial charge is 0.462 e. The summed E-state index contributed by atoms with van der Waals surface area (Å²) in [6.07, 6.45) is 2.74. The van der Waals surface area contributed by atoms with E-state index in [2.05, 4.69) is 4.98 Å². The van der Waals surface area contributed by atoms with Crippen LogP contribution in [0.3, 0.4) is 0 Å². The molecule has 152 valence electrons. The van der Waals surface area contributed by atoms with E-state index in [-0.39, 0.29) is 23.6 Å². The molecule has 0 amide bonds. The normalized spacial score (nSPS) is 11.2. The van der Waals surface area contributed by atoms with Crippen LogP contribution in [0.4, 0.5) is 0 Å². The van der Waals surface area contributed by atoms with Crippen LogP contribution in [-0.4, -0.2) is 22.0 Å². The van der Waals surface area contributed by atoms with Gasteiger partial charge in [-0.05, 0) is 57.0 Å². The zero-order chi connectivity index (χ0) is 21.8. The molecular weight excluding hydrogens is 382 g/mol. The summed E-state index contributed by atoms with van der Waals surface area (Å²) in [6.45, 7) is 7.43. The molecule has 7 nitrogen and oxygen atoms in total. The number of rotatable bonds is 5. The second-order valence-electron chi connectivity index (χ2n) is 6.78. The molecule has 2 heterocycles. The van der Waals surface area contributed by atoms with Crippen molar-refractivity contribution in [3.05, 3.63) is 74.7 Å². The van der Waals surface area contributed by atoms with Crippen molar-refractivity contribution in [2.75, 3.05) is 6.61 Å². The molecule has 7 heteroatoms. The number of fused-ring (bicyclic) bond motifs is 1. The summed E-state index contributed by atoms with van der Waals surface area (Å²) in [5.74, 6) is -0.278. The fraction of sp³-hybridized carbons (Fsp3) is 0.217. The number of hydrogen-bond donors (Lipinski definition) is 0. The maximum Gasteiger partial charge on any atom is 0.348 e. The van der Waals surface area contributed by atoms with E-state index in [9.17, 15) is 14.9 Å². The molecule has 0 saturated carbocycles. The molecule has 0 atom stereocenters. The van der Waals surface area contributed by atoms with Crippen molar-refractivity contribution in [2.45, 2.75) is 27.7 Å². The molecule has 0 aliphatic carbocycles. The van der Waals surface area contributed by atoms with Crippen LogP contribution in [0.1, 0.15) is 29.2 Å². The van der Waals surface area contributed by atoms with Gasteiger partial charge in [0.25, 0.3) is 5.56 Å². The number of nitriles is 1. The average Bonchev–Trinajstić information content (AvgIpc) is 2.71. The summed E-state index contributed by atoms with van der Waals surface area (Å²) in [5.41, 5.74) is 2.35. The van der Waals surface area contributed by atoms with Crippen molar-refractivity contribution in [3.63, 3.8) is 0 Å². The van der Waals surface area contributed by atoms with Gasteiger partial charge in [-0.2, -0.15) is 10.2 Å². The summed E-state index contributed by atoms with van der Waals surface area (Å²) in [7, 11) is 0. The molecule has 3 rings (SSSR count). The molecule has 0 radical (unpaired) electrons. The van der Waals surface area contributed by atoms with Gasteiger partial charge in [0.05, 0.1) is 6.61 Å². The van der Waals surface area contributed by atoms with Crippen LogP contribution < -0.4 is 10.3 Å². The number of hydrogen-bond acceptors (Lipinski definition) is 6. The topological polar surface area (TPSA) is 93.7 Å². The van der Waals surface area contributed by atoms with Gasteiger partial charge in [-0.25, -0.2) is 4.79 Å². The highest BCUT2D eigenvalue weighted by Gasteiger charge is 2.19. The lowest BCUT2D eigenvalue weighted by molar-refractivity contribution is -0.137. The molecule has 3 aromatic rings. The molecule has 2 aromatic heterocycles. The third kappa shape index (κ3) is 4.08. The Morgan fingerprint density at radius 3 is 2.67 bits per heavy atom. The van der Waals surface area contributed by atoms with Crippen LogP contribution in [0.5, 0.6) is 11.6 Å². The first-order valence-corrected chi connectivity index (χ1v) is 9.41. The van der Waals surface area contributed by atoms with Crippen LogP contribution >= 0.6 is 0 Å². The standard InChI is InChI=1S/C23H21N3O4/c1-5-29-23(28)17(13-24)12-18-21(30-19-9-8-14(2)11-16(19)4)25-20-15(3)7-6-10-26(20)22(18)27/h6-12H,5H2,1-4H3. The van der Waals surface area contributed by atoms with Crippen LogP contribution in [-0.2, 0) is 9.53 Å². The molecule has 0 saturated heterocycles. The number of aromatic nitrogens is 2. The van der Waals surface area contributed by atoms with Crippen LogP contribution in [0.2, 0.25) is 0 Å². The van der Waals surface area contributed by atoms with Gasteiger partial charge in [0.2, 0.25) is 5.88 Å². The van der Waals surface area contributed by atoms with Crippen molar-refractivity contribution in [1.82, 2.24) is 9.38 Å². The summed E-state index contributed by atoms with van der Waals surface area (Å²) in [5, 5.41) is 9.40. The molecule has 1 aromatic carbocycles. The number of nitrogens with zero attached hydrogens (tertiary/aromatic N) is 3. The van der Waals surface area contributed by atoms with Gasteiger partial charge < -0.3 is 9.47 Å². The number of ether oxygens (including phenoxy) is 2. The second kappa shape index (κ2) is 8.62. The minimum Gasteiger partial charge on any atom is -0.462 e. The first-order chi connectivity index (χ1) is 14.3. The van der Waals surface area contributed by atoms with E-state index in [0.29, 0.717) is 11.4 Å². The van der Waals surface area contributed by atoms with Gasteiger partial charge in [0.1, 0.15) is 28.6 Å². The van der Waals surface area contributed by atoms with E-state index in [1.54, 1.807) is 31.3 Å². The first-order valence-electron chi connectivity index (χ1n) is 9.41. The Balaban J connectivity index is 2.27. The molecule has 0 spiro atoms. The Bertz CT molecular complexity index is 1270. The van der Waals surface area contributed by atoms with E-state index < -0.39 is 11.5 Å². The van der Waals surface area contributed by atoms with Gasteiger partial charge in [-0.1, -0.05) is 23.8 Å². The Labute approximate surface area is 173 Å². The van der Waals surface area contributed by atoms with Crippen molar-refractivity contribution in [1.29, 1.82) is 5.26 Å². The summed E-state index contributed by atoms with van der Waals surface area (Å²) in [6, 6.07) is 11.0. The highest BCUT2D eigenvalue weighted by molar-refractivity contribution is 5.98. The van der Waals surface area contributed by atoms with Gasteiger partial charge >= 0.3 is 5.97 Å². The molecule has 0 unspecified atom stereocenters. The second-order valence-corrected chi connectivity index (χ2v) is 6.78. The summed E-state index contributed by atoms with van der Waals surface area (Å²) < 4.78 is 12.3. The molecule has 0 N–H and O–H groups in total. The maximum atomic E-state index is 13.2. The lowest BCUT2D eigenvalue weighted by Crippen LogP contribution is -2.20. The molecule has 0 aliphatic rings. The number of aryl methyl sites for hydroxylation is 3. The molecule has 30 heavy (non-hydrogen) atoms. The van der Waals surface area contributed by atoms with Crippen molar-refractivity contribution < 1.29 is 14.3 Å². The van der Waals surface area contributed by atoms with Crippen LogP contribution in [0, 0.1) is 32.1 Å². The smallest absolute Gasteiger partial charge is 0.348 e. The number of pyridine rings is 1. The quantitative estimate of drug-likeness (QED) is 0.365. The average molecular weight is 403 g/mol. The monoisotopic (exact) mass is 403 g/mol. The van der Waals surface area contributed by atoms with Gasteiger partial charge in [0.15, 0.2) is 0 Å². The van der Waals surface area contributed by atoms with Crippen molar-refractivity contribution in [3.8, 4) is 17.7 Å². The van der Waals surface area contributed by atoms with E-state index in [0.717, 1.165) is 16.7 Å². The van der Waals surface area contributed by atoms with E-state index in [1.807, 2.05) is 39.0 Å². The molecular formula is C23H21N3O4. The molecule has 0 fully saturated rings. The van der Waals surface area contributed by atoms with Gasteiger partial charge in [0, 0.05) is 6.20 Å². The lowest BCUT2D eigenvalue weighted by Gasteiger charge is -2.13. The first kappa shape index (κ1) is 20.8. The highest BCUT2D eigenvalue weighted by atomic mass is 16.5. The number of esters is 1. The number of carbonyl (C=O) groups excluding carboxylic acids is 1. The van der Waals surface area contributed by atoms with Crippen molar-refractivity contribution >= 4 is 17.7 Å². The number of benzene rings is 1. The predicted molar refractivity (Wildman–Crippen MR) is 112 cm³/mol. The van der Waals surface area contributed by atoms with Gasteiger partial charge in [-0.3, -0.25) is 9.20 Å². The Kier molecular flexibility index (Phi) is 5.98. The maximum absolute atomic E-state index is 13.2. The van der Waals surface area contributed by atoms with E-state index >= 15 is 0 Å². The SMILES string of the molecule is CCOC(=O)C(C#N)=Cc1c(Oc2ccc(C)cc2C)nc2c(C)cccn2c1=O. The van der Waals surface area contributed by atoms with Gasteiger partial charge in [-0.15, -0.1) is 0 Å². The number of carbonyl (C=O) groups is 1. The zero-order valence-electron chi connectivity index (χ0n) is 17.2. The minimum atomic E-state index is -0.814. The van der Waals surface area contributed by atoms with Crippen LogP contribution in [0.25, 0.3) is 11.7 Å². The third-order valence-electron chi connectivity index (χ3n) is 4.49. The summed E-state index contributed by atoms with van der Waals surface area (Å²) in [4.78, 5) is 29.8. The lowest BCUT2D eigenvalue weighted by atomic mass is 10.1. The van der Waals surface area contributed by atoms with Crippen LogP contribution in [0.15, 0.2) is 46.9 Å². The molecule has 0 aliphatic heterocycles. The Morgan fingerprint density at radius 2 is 2.00 bits per heavy atom. The zero-order valence-corrected chi connectivity index (χ0v) is 17.2. The van der Waals surface area contributed by atoms with E-state index in [4.69, 9.17) is 9.47 Å². The highest BCUT2D eigenvalue weighted by Crippen LogP contribution is 2.28. The summed E-state index contributed by atoms with van der Waals surface area (Å²) >= 11 is 0. The fourth-order valence-electron chi connectivity index (χ4n) is 3.00. The van der Waals surface area contributed by atoms with Crippen molar-refractivity contribution in [2.24, 2.45) is 0 Å².